The van der Waals surface area contributed by atoms with E-state index >= 15 is 0 Å². The van der Waals surface area contributed by atoms with Crippen LogP contribution in [0.4, 0.5) is 0 Å². The van der Waals surface area contributed by atoms with Gasteiger partial charge in [-0.15, -0.1) is 11.6 Å². The highest BCUT2D eigenvalue weighted by Crippen LogP contribution is 2.29. The fourth-order valence-corrected chi connectivity index (χ4v) is 2.29. The third kappa shape index (κ3) is 3.82. The number of alkyl halides is 1. The van der Waals surface area contributed by atoms with Gasteiger partial charge >= 0.3 is 0 Å². The Bertz CT molecular complexity index is 502. The Morgan fingerprint density at radius 3 is 2.00 bits per heavy atom. The molecule has 1 unspecified atom stereocenters. The van der Waals surface area contributed by atoms with Gasteiger partial charge in [0.1, 0.15) is 0 Å². The highest BCUT2D eigenvalue weighted by atomic mass is 35.5. The van der Waals surface area contributed by atoms with Gasteiger partial charge in [-0.05, 0) is 30.0 Å². The van der Waals surface area contributed by atoms with Gasteiger partial charge in [-0.2, -0.15) is 0 Å². The second-order valence-corrected chi connectivity index (χ2v) is 5.19. The van der Waals surface area contributed by atoms with Crippen LogP contribution in [0.2, 0.25) is 0 Å². The van der Waals surface area contributed by atoms with Crippen LogP contribution in [0.3, 0.4) is 0 Å². The molecule has 2 aromatic carbocycles. The summed E-state index contributed by atoms with van der Waals surface area (Å²) in [5.41, 5.74) is 4.80. The predicted octanol–water partition coefficient (Wildman–Crippen LogP) is 4.51. The molecule has 0 aliphatic rings. The lowest BCUT2D eigenvalue weighted by Crippen LogP contribution is -1.96. The second kappa shape index (κ2) is 6.74. The van der Waals surface area contributed by atoms with Crippen molar-refractivity contribution in [2.75, 3.05) is 13.7 Å². The maximum atomic E-state index is 6.52. The molecule has 1 atom stereocenters. The zero-order chi connectivity index (χ0) is 13.7. The first-order chi connectivity index (χ1) is 9.20. The Morgan fingerprint density at radius 1 is 0.947 bits per heavy atom. The van der Waals surface area contributed by atoms with E-state index in [2.05, 4.69) is 55.5 Å². The average Bonchev–Trinajstić information content (AvgIpc) is 2.46. The standard InChI is InChI=1S/C17H19ClO/c1-13-3-7-15(8-4-13)17(18)16-9-5-14(6-10-16)11-12-19-2/h3-10,17H,11-12H2,1-2H3. The summed E-state index contributed by atoms with van der Waals surface area (Å²) >= 11 is 6.52. The Hall–Kier alpha value is -1.31. The van der Waals surface area contributed by atoms with Gasteiger partial charge in [-0.3, -0.25) is 0 Å². The topological polar surface area (TPSA) is 9.23 Å². The van der Waals surface area contributed by atoms with E-state index < -0.39 is 0 Å². The van der Waals surface area contributed by atoms with Crippen molar-refractivity contribution in [3.8, 4) is 0 Å². The van der Waals surface area contributed by atoms with Crippen molar-refractivity contribution in [3.05, 3.63) is 70.8 Å². The van der Waals surface area contributed by atoms with Crippen LogP contribution in [-0.4, -0.2) is 13.7 Å². The molecule has 0 N–H and O–H groups in total. The van der Waals surface area contributed by atoms with E-state index in [1.807, 2.05) is 0 Å². The molecule has 19 heavy (non-hydrogen) atoms. The van der Waals surface area contributed by atoms with Gasteiger partial charge in [0, 0.05) is 7.11 Å². The van der Waals surface area contributed by atoms with E-state index in [1.54, 1.807) is 7.11 Å². The molecule has 0 saturated carbocycles. The Balaban J connectivity index is 2.10. The summed E-state index contributed by atoms with van der Waals surface area (Å²) in [7, 11) is 1.72. The number of methoxy groups -OCH3 is 1. The fourth-order valence-electron chi connectivity index (χ4n) is 2.00. The van der Waals surface area contributed by atoms with Gasteiger partial charge in [0.05, 0.1) is 12.0 Å². The van der Waals surface area contributed by atoms with Crippen LogP contribution in [0, 0.1) is 6.92 Å². The number of hydrogen-bond acceptors (Lipinski definition) is 1. The number of ether oxygens (including phenoxy) is 1. The summed E-state index contributed by atoms with van der Waals surface area (Å²) in [5, 5.41) is -0.0860. The molecule has 0 radical (unpaired) electrons. The first-order valence-electron chi connectivity index (χ1n) is 6.49. The number of rotatable bonds is 5. The molecule has 0 heterocycles. The van der Waals surface area contributed by atoms with Crippen LogP contribution in [0.1, 0.15) is 27.6 Å². The number of halogens is 1. The quantitative estimate of drug-likeness (QED) is 0.729. The molecular formula is C17H19ClO. The SMILES string of the molecule is COCCc1ccc(C(Cl)c2ccc(C)cc2)cc1. The van der Waals surface area contributed by atoms with E-state index in [0.29, 0.717) is 0 Å². The van der Waals surface area contributed by atoms with Crippen molar-refractivity contribution in [3.63, 3.8) is 0 Å². The van der Waals surface area contributed by atoms with Crippen LogP contribution in [0.5, 0.6) is 0 Å². The van der Waals surface area contributed by atoms with E-state index in [1.165, 1.54) is 11.1 Å². The summed E-state index contributed by atoms with van der Waals surface area (Å²) in [6.07, 6.45) is 0.939. The zero-order valence-corrected chi connectivity index (χ0v) is 12.2. The van der Waals surface area contributed by atoms with Crippen LogP contribution in [0.15, 0.2) is 48.5 Å². The minimum atomic E-state index is -0.0860. The molecule has 2 aromatic rings. The second-order valence-electron chi connectivity index (χ2n) is 4.76. The van der Waals surface area contributed by atoms with Gasteiger partial charge in [0.25, 0.3) is 0 Å². The number of aryl methyl sites for hydroxylation is 1. The maximum Gasteiger partial charge on any atom is 0.0835 e. The minimum Gasteiger partial charge on any atom is -0.384 e. The molecule has 0 bridgehead atoms. The third-order valence-electron chi connectivity index (χ3n) is 3.24. The normalized spacial score (nSPS) is 12.4. The molecule has 100 valence electrons. The van der Waals surface area contributed by atoms with E-state index in [-0.39, 0.29) is 5.38 Å². The van der Waals surface area contributed by atoms with Gasteiger partial charge in [-0.1, -0.05) is 54.1 Å². The molecule has 1 nitrogen and oxygen atoms in total. The molecule has 0 fully saturated rings. The van der Waals surface area contributed by atoms with Crippen LogP contribution < -0.4 is 0 Å². The number of hydrogen-bond donors (Lipinski definition) is 0. The molecule has 0 amide bonds. The predicted molar refractivity (Wildman–Crippen MR) is 80.9 cm³/mol. The first-order valence-corrected chi connectivity index (χ1v) is 6.93. The molecule has 0 spiro atoms. The first kappa shape index (κ1) is 14.1. The van der Waals surface area contributed by atoms with Crippen molar-refractivity contribution < 1.29 is 4.74 Å². The summed E-state index contributed by atoms with van der Waals surface area (Å²) in [6.45, 7) is 2.83. The molecule has 0 aliphatic carbocycles. The molecule has 0 saturated heterocycles. The summed E-state index contributed by atoms with van der Waals surface area (Å²) in [6, 6.07) is 16.8. The lowest BCUT2D eigenvalue weighted by atomic mass is 10.0. The smallest absolute Gasteiger partial charge is 0.0835 e. The molecule has 0 aromatic heterocycles. The molecular weight excluding hydrogens is 256 g/mol. The van der Waals surface area contributed by atoms with E-state index in [9.17, 15) is 0 Å². The monoisotopic (exact) mass is 274 g/mol. The van der Waals surface area contributed by atoms with Gasteiger partial charge in [-0.25, -0.2) is 0 Å². The summed E-state index contributed by atoms with van der Waals surface area (Å²) in [4.78, 5) is 0. The highest BCUT2D eigenvalue weighted by Gasteiger charge is 2.10. The Labute approximate surface area is 120 Å². The zero-order valence-electron chi connectivity index (χ0n) is 11.4. The van der Waals surface area contributed by atoms with Crippen LogP contribution in [-0.2, 0) is 11.2 Å². The van der Waals surface area contributed by atoms with Crippen molar-refractivity contribution in [1.29, 1.82) is 0 Å². The van der Waals surface area contributed by atoms with Crippen molar-refractivity contribution in [2.45, 2.75) is 18.7 Å². The lowest BCUT2D eigenvalue weighted by Gasteiger charge is -2.11. The Morgan fingerprint density at radius 2 is 1.47 bits per heavy atom. The Kier molecular flexibility index (Phi) is 5.00. The van der Waals surface area contributed by atoms with Crippen molar-refractivity contribution in [2.24, 2.45) is 0 Å². The summed E-state index contributed by atoms with van der Waals surface area (Å²) in [5.74, 6) is 0. The minimum absolute atomic E-state index is 0.0860. The number of benzene rings is 2. The molecule has 2 rings (SSSR count). The highest BCUT2D eigenvalue weighted by molar-refractivity contribution is 6.22. The third-order valence-corrected chi connectivity index (χ3v) is 3.74. The van der Waals surface area contributed by atoms with Crippen LogP contribution >= 0.6 is 11.6 Å². The van der Waals surface area contributed by atoms with Crippen molar-refractivity contribution >= 4 is 11.6 Å². The fraction of sp³-hybridized carbons (Fsp3) is 0.294. The van der Waals surface area contributed by atoms with E-state index in [4.69, 9.17) is 16.3 Å². The largest absolute Gasteiger partial charge is 0.384 e. The summed E-state index contributed by atoms with van der Waals surface area (Å²) < 4.78 is 5.08. The molecule has 2 heteroatoms. The lowest BCUT2D eigenvalue weighted by molar-refractivity contribution is 0.202. The average molecular weight is 275 g/mol. The van der Waals surface area contributed by atoms with Gasteiger partial charge in [0.15, 0.2) is 0 Å². The van der Waals surface area contributed by atoms with Crippen LogP contribution in [0.25, 0.3) is 0 Å². The van der Waals surface area contributed by atoms with Gasteiger partial charge < -0.3 is 4.74 Å². The van der Waals surface area contributed by atoms with E-state index in [0.717, 1.165) is 24.2 Å². The maximum absolute atomic E-state index is 6.52. The van der Waals surface area contributed by atoms with Gasteiger partial charge in [0.2, 0.25) is 0 Å². The van der Waals surface area contributed by atoms with Crippen molar-refractivity contribution in [1.82, 2.24) is 0 Å². The molecule has 0 aliphatic heterocycles.